The van der Waals surface area contributed by atoms with E-state index in [4.69, 9.17) is 0 Å². The van der Waals surface area contributed by atoms with Gasteiger partial charge in [0.05, 0.1) is 5.75 Å². The zero-order chi connectivity index (χ0) is 19.2. The van der Waals surface area contributed by atoms with Crippen LogP contribution < -0.4 is 5.32 Å². The van der Waals surface area contributed by atoms with E-state index in [1.54, 1.807) is 0 Å². The molecule has 0 aliphatic heterocycles. The van der Waals surface area contributed by atoms with E-state index in [0.717, 1.165) is 22.4 Å². The Morgan fingerprint density at radius 1 is 0.857 bits per heavy atom. The van der Waals surface area contributed by atoms with E-state index in [9.17, 15) is 4.79 Å². The van der Waals surface area contributed by atoms with Gasteiger partial charge in [0.15, 0.2) is 5.82 Å². The van der Waals surface area contributed by atoms with E-state index in [2.05, 4.69) is 20.5 Å². The highest BCUT2D eigenvalue weighted by Crippen LogP contribution is 2.28. The van der Waals surface area contributed by atoms with Crippen LogP contribution in [0.15, 0.2) is 90.1 Å². The van der Waals surface area contributed by atoms with Gasteiger partial charge in [0.1, 0.15) is 0 Å². The lowest BCUT2D eigenvalue weighted by atomic mass is 10.0. The molecule has 0 spiro atoms. The number of carbonyl (C=O) groups is 1. The van der Waals surface area contributed by atoms with Crippen molar-refractivity contribution in [2.45, 2.75) is 5.16 Å². The molecule has 0 saturated heterocycles. The molecule has 4 rings (SSSR count). The van der Waals surface area contributed by atoms with Gasteiger partial charge in [-0.2, -0.15) is 0 Å². The van der Waals surface area contributed by atoms with E-state index < -0.39 is 0 Å². The smallest absolute Gasteiger partial charge is 0.234 e. The summed E-state index contributed by atoms with van der Waals surface area (Å²) in [5, 5.41) is 10.6. The van der Waals surface area contributed by atoms with Gasteiger partial charge in [0.2, 0.25) is 11.1 Å². The largest absolute Gasteiger partial charge is 0.325 e. The number of anilines is 1. The number of rotatable bonds is 6. The highest BCUT2D eigenvalue weighted by Gasteiger charge is 2.11. The molecular weight excluding hydrogens is 368 g/mol. The number of para-hydroxylation sites is 1. The molecule has 0 aliphatic carbocycles. The van der Waals surface area contributed by atoms with Crippen molar-refractivity contribution in [3.63, 3.8) is 0 Å². The van der Waals surface area contributed by atoms with Crippen LogP contribution in [0, 0.1) is 0 Å². The van der Waals surface area contributed by atoms with Crippen LogP contribution in [0.5, 0.6) is 0 Å². The van der Waals surface area contributed by atoms with Crippen LogP contribution in [0.4, 0.5) is 5.69 Å². The van der Waals surface area contributed by atoms with E-state index in [-0.39, 0.29) is 11.7 Å². The molecule has 0 saturated carbocycles. The minimum atomic E-state index is -0.0977. The molecule has 0 fully saturated rings. The Morgan fingerprint density at radius 3 is 2.25 bits per heavy atom. The van der Waals surface area contributed by atoms with Gasteiger partial charge in [-0.25, -0.2) is 4.98 Å². The fourth-order valence-electron chi connectivity index (χ4n) is 2.81. The Kier molecular flexibility index (Phi) is 5.49. The van der Waals surface area contributed by atoms with Crippen molar-refractivity contribution in [1.82, 2.24) is 15.2 Å². The van der Waals surface area contributed by atoms with Gasteiger partial charge < -0.3 is 5.32 Å². The van der Waals surface area contributed by atoms with Crippen LogP contribution in [0.1, 0.15) is 0 Å². The molecule has 4 aromatic rings. The first-order valence-electron chi connectivity index (χ1n) is 8.84. The second-order valence-electron chi connectivity index (χ2n) is 6.08. The monoisotopic (exact) mass is 386 g/mol. The Bertz CT molecular complexity index is 1060. The fraction of sp³-hybridized carbons (Fsp3) is 0.0455. The Morgan fingerprint density at radius 2 is 1.50 bits per heavy atom. The molecular formula is C22H18N4OS. The van der Waals surface area contributed by atoms with Crippen LogP contribution in [0.25, 0.3) is 22.5 Å². The van der Waals surface area contributed by atoms with Gasteiger partial charge in [-0.15, -0.1) is 5.10 Å². The van der Waals surface area contributed by atoms with Crippen molar-refractivity contribution in [1.29, 1.82) is 0 Å². The third kappa shape index (κ3) is 4.29. The van der Waals surface area contributed by atoms with Crippen LogP contribution in [-0.4, -0.2) is 26.8 Å². The maximum Gasteiger partial charge on any atom is 0.234 e. The standard InChI is InChI=1S/C22H18N4OS/c27-20(15-28-22-24-21(25-26-22)17-11-5-2-6-12-17)23-19-14-8-7-13-18(19)16-9-3-1-4-10-16/h1-14H,15H2,(H,23,27)(H,24,25,26). The number of H-pyrrole nitrogens is 1. The van der Waals surface area contributed by atoms with Crippen molar-refractivity contribution in [2.75, 3.05) is 11.1 Å². The number of aromatic nitrogens is 3. The topological polar surface area (TPSA) is 70.7 Å². The first kappa shape index (κ1) is 18.0. The summed E-state index contributed by atoms with van der Waals surface area (Å²) in [6.07, 6.45) is 0. The maximum absolute atomic E-state index is 12.4. The van der Waals surface area contributed by atoms with Crippen LogP contribution in [0.3, 0.4) is 0 Å². The molecule has 0 atom stereocenters. The molecule has 1 heterocycles. The summed E-state index contributed by atoms with van der Waals surface area (Å²) >= 11 is 1.30. The van der Waals surface area contributed by atoms with E-state index in [1.807, 2.05) is 84.9 Å². The van der Waals surface area contributed by atoms with Gasteiger partial charge in [-0.05, 0) is 11.6 Å². The maximum atomic E-state index is 12.4. The summed E-state index contributed by atoms with van der Waals surface area (Å²) in [5.74, 6) is 0.826. The lowest BCUT2D eigenvalue weighted by Gasteiger charge is -2.10. The molecule has 1 aromatic heterocycles. The highest BCUT2D eigenvalue weighted by molar-refractivity contribution is 7.99. The van der Waals surface area contributed by atoms with Crippen LogP contribution in [0.2, 0.25) is 0 Å². The van der Waals surface area contributed by atoms with E-state index >= 15 is 0 Å². The normalized spacial score (nSPS) is 10.6. The third-order valence-corrected chi connectivity index (χ3v) is 4.98. The van der Waals surface area contributed by atoms with Gasteiger partial charge >= 0.3 is 0 Å². The number of carbonyl (C=O) groups excluding carboxylic acids is 1. The molecule has 6 heteroatoms. The number of benzene rings is 3. The number of nitrogens with zero attached hydrogens (tertiary/aromatic N) is 2. The van der Waals surface area contributed by atoms with Crippen molar-refractivity contribution in [2.24, 2.45) is 0 Å². The zero-order valence-corrected chi connectivity index (χ0v) is 15.8. The number of hydrogen-bond acceptors (Lipinski definition) is 4. The number of aromatic amines is 1. The van der Waals surface area contributed by atoms with Crippen LogP contribution >= 0.6 is 11.8 Å². The highest BCUT2D eigenvalue weighted by atomic mass is 32.2. The summed E-state index contributed by atoms with van der Waals surface area (Å²) in [4.78, 5) is 16.9. The molecule has 0 radical (unpaired) electrons. The molecule has 0 aliphatic rings. The molecule has 138 valence electrons. The molecule has 0 bridgehead atoms. The predicted octanol–water partition coefficient (Wildman–Crippen LogP) is 4.87. The summed E-state index contributed by atoms with van der Waals surface area (Å²) in [6.45, 7) is 0. The number of thioether (sulfide) groups is 1. The van der Waals surface area contributed by atoms with Crippen molar-refractivity contribution in [3.05, 3.63) is 84.9 Å². The zero-order valence-electron chi connectivity index (χ0n) is 15.0. The minimum absolute atomic E-state index is 0.0977. The second-order valence-corrected chi connectivity index (χ2v) is 7.02. The number of nitrogens with one attached hydrogen (secondary N) is 2. The molecule has 1 amide bonds. The average molecular weight is 386 g/mol. The summed E-state index contributed by atoms with van der Waals surface area (Å²) in [5.41, 5.74) is 3.81. The Hall–Kier alpha value is -3.38. The minimum Gasteiger partial charge on any atom is -0.325 e. The van der Waals surface area contributed by atoms with Crippen LogP contribution in [-0.2, 0) is 4.79 Å². The van der Waals surface area contributed by atoms with E-state index in [0.29, 0.717) is 11.0 Å². The van der Waals surface area contributed by atoms with Crippen molar-refractivity contribution in [3.8, 4) is 22.5 Å². The first-order chi connectivity index (χ1) is 13.8. The number of hydrogen-bond donors (Lipinski definition) is 2. The Balaban J connectivity index is 1.40. The molecule has 0 unspecified atom stereocenters. The fourth-order valence-corrected chi connectivity index (χ4v) is 3.41. The average Bonchev–Trinajstić information content (AvgIpc) is 3.23. The summed E-state index contributed by atoms with van der Waals surface area (Å²) in [7, 11) is 0. The quantitative estimate of drug-likeness (QED) is 0.464. The third-order valence-electron chi connectivity index (χ3n) is 4.13. The van der Waals surface area contributed by atoms with Gasteiger partial charge in [0, 0.05) is 16.8 Å². The van der Waals surface area contributed by atoms with Crippen molar-refractivity contribution >= 4 is 23.4 Å². The first-order valence-corrected chi connectivity index (χ1v) is 9.83. The SMILES string of the molecule is O=C(CSc1n[nH]c(-c2ccccc2)n1)Nc1ccccc1-c1ccccc1. The van der Waals surface area contributed by atoms with Gasteiger partial charge in [-0.1, -0.05) is 90.6 Å². The van der Waals surface area contributed by atoms with Gasteiger partial charge in [-0.3, -0.25) is 9.89 Å². The molecule has 5 nitrogen and oxygen atoms in total. The lowest BCUT2D eigenvalue weighted by molar-refractivity contribution is -0.113. The molecule has 28 heavy (non-hydrogen) atoms. The Labute approximate surface area is 167 Å². The number of amides is 1. The van der Waals surface area contributed by atoms with Gasteiger partial charge in [0.25, 0.3) is 0 Å². The predicted molar refractivity (Wildman–Crippen MR) is 113 cm³/mol. The molecule has 2 N–H and O–H groups in total. The van der Waals surface area contributed by atoms with Crippen molar-refractivity contribution < 1.29 is 4.79 Å². The summed E-state index contributed by atoms with van der Waals surface area (Å²) in [6, 6.07) is 27.5. The summed E-state index contributed by atoms with van der Waals surface area (Å²) < 4.78 is 0. The lowest BCUT2D eigenvalue weighted by Crippen LogP contribution is -2.14. The molecule has 3 aromatic carbocycles. The van der Waals surface area contributed by atoms with E-state index in [1.165, 1.54) is 11.8 Å². The second kappa shape index (κ2) is 8.54.